The van der Waals surface area contributed by atoms with Crippen molar-refractivity contribution in [3.63, 3.8) is 0 Å². The first-order valence-electron chi connectivity index (χ1n) is 2.78. The topological polar surface area (TPSA) is 29.1 Å². The predicted molar refractivity (Wildman–Crippen MR) is 36.1 cm³/mol. The van der Waals surface area contributed by atoms with Gasteiger partial charge in [0.15, 0.2) is 0 Å². The molecule has 1 rings (SSSR count). The van der Waals surface area contributed by atoms with Gasteiger partial charge in [0.25, 0.3) is 0 Å². The van der Waals surface area contributed by atoms with E-state index in [1.807, 2.05) is 0 Å². The van der Waals surface area contributed by atoms with Gasteiger partial charge >= 0.3 is 0 Å². The molecule has 1 amide bonds. The largest absolute Gasteiger partial charge is 0.329 e. The van der Waals surface area contributed by atoms with Crippen LogP contribution in [0.15, 0.2) is 24.3 Å². The van der Waals surface area contributed by atoms with Gasteiger partial charge in [0, 0.05) is 5.69 Å². The van der Waals surface area contributed by atoms with E-state index in [1.165, 1.54) is 24.3 Å². The van der Waals surface area contributed by atoms with Crippen LogP contribution in [-0.4, -0.2) is 6.41 Å². The molecule has 0 spiro atoms. The summed E-state index contributed by atoms with van der Waals surface area (Å²) < 4.78 is 12.2. The van der Waals surface area contributed by atoms with Gasteiger partial charge in [-0.1, -0.05) is 0 Å². The van der Waals surface area contributed by atoms with Crippen molar-refractivity contribution in [3.8, 4) is 0 Å². The minimum Gasteiger partial charge on any atom is -0.329 e. The summed E-state index contributed by atoms with van der Waals surface area (Å²) in [7, 11) is 0. The summed E-state index contributed by atoms with van der Waals surface area (Å²) in [4.78, 5) is 9.85. The van der Waals surface area contributed by atoms with Gasteiger partial charge < -0.3 is 5.32 Å². The summed E-state index contributed by atoms with van der Waals surface area (Å²) in [5.41, 5.74) is 0.594. The van der Waals surface area contributed by atoms with E-state index >= 15 is 0 Å². The number of rotatable bonds is 2. The smallest absolute Gasteiger partial charge is 0.211 e. The average molecular weight is 139 g/mol. The molecular weight excluding hydrogens is 133 g/mol. The zero-order valence-corrected chi connectivity index (χ0v) is 5.17. The molecule has 52 valence electrons. The second-order valence-electron chi connectivity index (χ2n) is 1.77. The second-order valence-corrected chi connectivity index (χ2v) is 1.77. The minimum absolute atomic E-state index is 0.309. The van der Waals surface area contributed by atoms with Crippen molar-refractivity contribution in [2.75, 3.05) is 5.32 Å². The molecule has 3 heteroatoms. The molecular formula is C7H6FNO. The van der Waals surface area contributed by atoms with Gasteiger partial charge in [-0.15, -0.1) is 0 Å². The van der Waals surface area contributed by atoms with Gasteiger partial charge in [-0.05, 0) is 24.3 Å². The van der Waals surface area contributed by atoms with Crippen molar-refractivity contribution < 1.29 is 9.18 Å². The Morgan fingerprint density at radius 1 is 1.30 bits per heavy atom. The molecule has 0 radical (unpaired) electrons. The molecule has 1 aromatic carbocycles. The lowest BCUT2D eigenvalue weighted by Gasteiger charge is -1.94. The highest BCUT2D eigenvalue weighted by Crippen LogP contribution is 2.06. The van der Waals surface area contributed by atoms with Gasteiger partial charge in [-0.3, -0.25) is 4.79 Å². The number of anilines is 1. The fourth-order valence-electron chi connectivity index (χ4n) is 0.614. The Morgan fingerprint density at radius 2 is 1.90 bits per heavy atom. The Kier molecular flexibility index (Phi) is 1.99. The van der Waals surface area contributed by atoms with Gasteiger partial charge in [-0.2, -0.15) is 0 Å². The highest BCUT2D eigenvalue weighted by atomic mass is 19.1. The summed E-state index contributed by atoms with van der Waals surface area (Å²) >= 11 is 0. The van der Waals surface area contributed by atoms with E-state index in [9.17, 15) is 9.18 Å². The van der Waals surface area contributed by atoms with Gasteiger partial charge in [0.05, 0.1) is 0 Å². The molecule has 0 heterocycles. The Bertz CT molecular complexity index is 220. The summed E-state index contributed by atoms with van der Waals surface area (Å²) in [6.45, 7) is 0. The van der Waals surface area contributed by atoms with Crippen molar-refractivity contribution in [3.05, 3.63) is 30.1 Å². The van der Waals surface area contributed by atoms with Crippen LogP contribution in [-0.2, 0) is 4.79 Å². The van der Waals surface area contributed by atoms with Crippen LogP contribution in [0, 0.1) is 5.82 Å². The molecule has 0 atom stereocenters. The molecule has 0 fully saturated rings. The molecule has 2 nitrogen and oxygen atoms in total. The zero-order chi connectivity index (χ0) is 7.40. The van der Waals surface area contributed by atoms with E-state index in [0.29, 0.717) is 12.1 Å². The highest BCUT2D eigenvalue weighted by molar-refractivity contribution is 5.70. The molecule has 0 bridgehead atoms. The Morgan fingerprint density at radius 3 is 2.40 bits per heavy atom. The van der Waals surface area contributed by atoms with E-state index in [-0.39, 0.29) is 5.82 Å². The molecule has 0 aromatic heterocycles. The Labute approximate surface area is 57.7 Å². The van der Waals surface area contributed by atoms with Crippen molar-refractivity contribution in [2.45, 2.75) is 0 Å². The van der Waals surface area contributed by atoms with Crippen molar-refractivity contribution >= 4 is 12.1 Å². The molecule has 0 saturated heterocycles. The van der Waals surface area contributed by atoms with E-state index in [1.54, 1.807) is 0 Å². The van der Waals surface area contributed by atoms with Crippen molar-refractivity contribution in [1.29, 1.82) is 0 Å². The van der Waals surface area contributed by atoms with Crippen LogP contribution in [0.4, 0.5) is 10.1 Å². The lowest BCUT2D eigenvalue weighted by atomic mass is 10.3. The van der Waals surface area contributed by atoms with E-state index in [4.69, 9.17) is 0 Å². The number of carbonyl (C=O) groups is 1. The maximum absolute atomic E-state index is 12.2. The summed E-state index contributed by atoms with van der Waals surface area (Å²) in [5, 5.41) is 2.39. The van der Waals surface area contributed by atoms with E-state index < -0.39 is 0 Å². The van der Waals surface area contributed by atoms with E-state index in [0.717, 1.165) is 0 Å². The minimum atomic E-state index is -0.309. The maximum atomic E-state index is 12.2. The molecule has 0 unspecified atom stereocenters. The molecule has 10 heavy (non-hydrogen) atoms. The van der Waals surface area contributed by atoms with Gasteiger partial charge in [0.2, 0.25) is 6.41 Å². The molecule has 0 aliphatic heterocycles. The fraction of sp³-hybridized carbons (Fsp3) is 0. The van der Waals surface area contributed by atoms with E-state index in [2.05, 4.69) is 5.32 Å². The lowest BCUT2D eigenvalue weighted by molar-refractivity contribution is -0.105. The van der Waals surface area contributed by atoms with Crippen molar-refractivity contribution in [2.24, 2.45) is 0 Å². The third kappa shape index (κ3) is 1.55. The molecule has 0 saturated carbocycles. The molecule has 1 aromatic rings. The molecule has 0 aliphatic carbocycles. The van der Waals surface area contributed by atoms with Crippen LogP contribution < -0.4 is 5.32 Å². The monoisotopic (exact) mass is 139 g/mol. The normalized spacial score (nSPS) is 8.90. The first-order chi connectivity index (χ1) is 4.83. The number of benzene rings is 1. The number of hydrogen-bond acceptors (Lipinski definition) is 1. The van der Waals surface area contributed by atoms with Crippen LogP contribution in [0.2, 0.25) is 0 Å². The number of amides is 1. The third-order valence-corrected chi connectivity index (χ3v) is 1.07. The molecule has 0 aliphatic rings. The van der Waals surface area contributed by atoms with Crippen molar-refractivity contribution in [1.82, 2.24) is 0 Å². The van der Waals surface area contributed by atoms with Crippen LogP contribution in [0.25, 0.3) is 0 Å². The lowest BCUT2D eigenvalue weighted by Crippen LogP contribution is -1.92. The fourth-order valence-corrected chi connectivity index (χ4v) is 0.614. The Balaban J connectivity index is 2.78. The van der Waals surface area contributed by atoms with Crippen LogP contribution in [0.3, 0.4) is 0 Å². The van der Waals surface area contributed by atoms with Crippen LogP contribution in [0.1, 0.15) is 0 Å². The number of nitrogens with one attached hydrogen (secondary N) is 1. The first-order valence-corrected chi connectivity index (χ1v) is 2.78. The first kappa shape index (κ1) is 6.74. The van der Waals surface area contributed by atoms with Gasteiger partial charge in [0.1, 0.15) is 5.82 Å². The number of hydrogen-bond donors (Lipinski definition) is 1. The zero-order valence-electron chi connectivity index (χ0n) is 5.17. The number of halogens is 1. The predicted octanol–water partition coefficient (Wildman–Crippen LogP) is 1.39. The van der Waals surface area contributed by atoms with Crippen LogP contribution >= 0.6 is 0 Å². The second kappa shape index (κ2) is 2.96. The number of carbonyl (C=O) groups excluding carboxylic acids is 1. The highest BCUT2D eigenvalue weighted by Gasteiger charge is 1.88. The summed E-state index contributed by atoms with van der Waals surface area (Å²) in [6.07, 6.45) is 0.549. The third-order valence-electron chi connectivity index (χ3n) is 1.07. The maximum Gasteiger partial charge on any atom is 0.211 e. The summed E-state index contributed by atoms with van der Waals surface area (Å²) in [5.74, 6) is -0.309. The van der Waals surface area contributed by atoms with Crippen LogP contribution in [0.5, 0.6) is 0 Å². The standard InChI is InChI=1S/C7H6FNO/c8-6-1-3-7(4-2-6)9-5-10/h1-5H,(H,9,10). The SMILES string of the molecule is O=CNc1ccc(F)cc1. The van der Waals surface area contributed by atoms with Gasteiger partial charge in [-0.25, -0.2) is 4.39 Å². The Hall–Kier alpha value is -1.38. The molecule has 1 N–H and O–H groups in total. The average Bonchev–Trinajstić information content (AvgIpc) is 1.95. The quantitative estimate of drug-likeness (QED) is 0.616. The summed E-state index contributed by atoms with van der Waals surface area (Å²) in [6, 6.07) is 5.55.